The van der Waals surface area contributed by atoms with E-state index in [1.165, 1.54) is 0 Å². The summed E-state index contributed by atoms with van der Waals surface area (Å²) >= 11 is 3.51. The van der Waals surface area contributed by atoms with Crippen LogP contribution in [0.2, 0.25) is 0 Å². The Kier molecular flexibility index (Phi) is 4.71. The summed E-state index contributed by atoms with van der Waals surface area (Å²) in [5, 5.41) is 0. The van der Waals surface area contributed by atoms with Crippen molar-refractivity contribution in [3.8, 4) is 0 Å². The van der Waals surface area contributed by atoms with Gasteiger partial charge in [0.2, 0.25) is 0 Å². The van der Waals surface area contributed by atoms with E-state index >= 15 is 0 Å². The first kappa shape index (κ1) is 12.6. The molecule has 0 aliphatic rings. The Balaban J connectivity index is 2.90. The molecule has 1 aromatic carbocycles. The van der Waals surface area contributed by atoms with Crippen LogP contribution in [-0.2, 0) is 0 Å². The zero-order chi connectivity index (χ0) is 11.4. The molecule has 15 heavy (non-hydrogen) atoms. The average Bonchev–Trinajstić information content (AvgIpc) is 2.21. The van der Waals surface area contributed by atoms with Gasteiger partial charge in [0, 0.05) is 4.83 Å². The lowest BCUT2D eigenvalue weighted by molar-refractivity contribution is 0.486. The maximum Gasteiger partial charge on any atom is 0.162 e. The molecule has 0 bridgehead atoms. The summed E-state index contributed by atoms with van der Waals surface area (Å²) in [6.45, 7) is 3.98. The van der Waals surface area contributed by atoms with Crippen molar-refractivity contribution < 1.29 is 8.78 Å². The molecule has 0 N–H and O–H groups in total. The molecule has 2 unspecified atom stereocenters. The molecule has 0 aliphatic heterocycles. The molecule has 0 saturated heterocycles. The third-order valence-electron chi connectivity index (χ3n) is 2.58. The molecular weight excluding hydrogens is 262 g/mol. The molecule has 1 aromatic rings. The maximum atomic E-state index is 13.5. The topological polar surface area (TPSA) is 0 Å². The number of rotatable bonds is 4. The van der Waals surface area contributed by atoms with Gasteiger partial charge in [-0.05, 0) is 24.0 Å². The van der Waals surface area contributed by atoms with Crippen LogP contribution in [0.4, 0.5) is 8.78 Å². The summed E-state index contributed by atoms with van der Waals surface area (Å²) in [5.74, 6) is -1.50. The molecule has 0 aromatic heterocycles. The van der Waals surface area contributed by atoms with E-state index in [1.807, 2.05) is 6.92 Å². The lowest BCUT2D eigenvalue weighted by Crippen LogP contribution is -2.11. The number of benzene rings is 1. The molecule has 0 nitrogen and oxygen atoms in total. The van der Waals surface area contributed by atoms with Gasteiger partial charge >= 0.3 is 0 Å². The van der Waals surface area contributed by atoms with E-state index in [2.05, 4.69) is 22.9 Å². The standard InChI is InChI=1S/C12H15BrF2/c1-3-5-10(13)8(2)9-6-4-7-11(14)12(9)15/h4,6-8,10H,3,5H2,1-2H3. The minimum absolute atomic E-state index is 0.0133. The van der Waals surface area contributed by atoms with Gasteiger partial charge in [-0.25, -0.2) is 8.78 Å². The van der Waals surface area contributed by atoms with Gasteiger partial charge in [0.25, 0.3) is 0 Å². The molecule has 0 saturated carbocycles. The first-order valence-corrected chi connectivity index (χ1v) is 6.07. The normalized spacial score (nSPS) is 15.0. The Hall–Kier alpha value is -0.440. The van der Waals surface area contributed by atoms with Crippen molar-refractivity contribution in [2.24, 2.45) is 0 Å². The van der Waals surface area contributed by atoms with Gasteiger partial charge in [0.15, 0.2) is 11.6 Å². The van der Waals surface area contributed by atoms with E-state index in [0.717, 1.165) is 18.9 Å². The van der Waals surface area contributed by atoms with Crippen LogP contribution in [0.5, 0.6) is 0 Å². The van der Waals surface area contributed by atoms with Crippen molar-refractivity contribution in [1.82, 2.24) is 0 Å². The Labute approximate surface area is 97.8 Å². The van der Waals surface area contributed by atoms with Crippen molar-refractivity contribution in [2.75, 3.05) is 0 Å². The van der Waals surface area contributed by atoms with Crippen LogP contribution in [0.3, 0.4) is 0 Å². The second-order valence-electron chi connectivity index (χ2n) is 3.74. The van der Waals surface area contributed by atoms with Crippen LogP contribution in [0, 0.1) is 11.6 Å². The largest absolute Gasteiger partial charge is 0.204 e. The fourth-order valence-electron chi connectivity index (χ4n) is 1.59. The number of hydrogen-bond donors (Lipinski definition) is 0. The highest BCUT2D eigenvalue weighted by Crippen LogP contribution is 2.30. The Morgan fingerprint density at radius 1 is 1.33 bits per heavy atom. The Morgan fingerprint density at radius 2 is 2.00 bits per heavy atom. The predicted octanol–water partition coefficient (Wildman–Crippen LogP) is 4.63. The summed E-state index contributed by atoms with van der Waals surface area (Å²) in [7, 11) is 0. The van der Waals surface area contributed by atoms with E-state index < -0.39 is 11.6 Å². The second-order valence-corrected chi connectivity index (χ2v) is 4.91. The van der Waals surface area contributed by atoms with E-state index in [-0.39, 0.29) is 10.7 Å². The van der Waals surface area contributed by atoms with E-state index in [0.29, 0.717) is 5.56 Å². The summed E-state index contributed by atoms with van der Waals surface area (Å²) < 4.78 is 26.5. The highest BCUT2D eigenvalue weighted by molar-refractivity contribution is 9.09. The van der Waals surface area contributed by atoms with Crippen molar-refractivity contribution in [3.05, 3.63) is 35.4 Å². The van der Waals surface area contributed by atoms with Crippen LogP contribution >= 0.6 is 15.9 Å². The Morgan fingerprint density at radius 3 is 2.60 bits per heavy atom. The first-order valence-electron chi connectivity index (χ1n) is 5.15. The third-order valence-corrected chi connectivity index (χ3v) is 3.83. The zero-order valence-electron chi connectivity index (χ0n) is 8.93. The fourth-order valence-corrected chi connectivity index (χ4v) is 2.34. The monoisotopic (exact) mass is 276 g/mol. The molecule has 0 amide bonds. The lowest BCUT2D eigenvalue weighted by atomic mass is 9.95. The SMILES string of the molecule is CCCC(Br)C(C)c1cccc(F)c1F. The fraction of sp³-hybridized carbons (Fsp3) is 0.500. The molecule has 84 valence electrons. The van der Waals surface area contributed by atoms with Gasteiger partial charge in [0.05, 0.1) is 0 Å². The molecule has 1 rings (SSSR count). The molecular formula is C12H15BrF2. The number of alkyl halides is 1. The molecule has 0 radical (unpaired) electrons. The molecule has 3 heteroatoms. The minimum Gasteiger partial charge on any atom is -0.204 e. The van der Waals surface area contributed by atoms with E-state index in [4.69, 9.17) is 0 Å². The second kappa shape index (κ2) is 5.59. The minimum atomic E-state index is -0.768. The molecule has 0 heterocycles. The van der Waals surface area contributed by atoms with Gasteiger partial charge in [-0.2, -0.15) is 0 Å². The van der Waals surface area contributed by atoms with Gasteiger partial charge in [-0.1, -0.05) is 48.3 Å². The van der Waals surface area contributed by atoms with Gasteiger partial charge in [-0.3, -0.25) is 0 Å². The smallest absolute Gasteiger partial charge is 0.162 e. The quantitative estimate of drug-likeness (QED) is 0.704. The van der Waals surface area contributed by atoms with Crippen LogP contribution in [0.1, 0.15) is 38.2 Å². The maximum absolute atomic E-state index is 13.5. The van der Waals surface area contributed by atoms with Gasteiger partial charge in [0.1, 0.15) is 0 Å². The number of hydrogen-bond acceptors (Lipinski definition) is 0. The predicted molar refractivity (Wildman–Crippen MR) is 62.4 cm³/mol. The highest BCUT2D eigenvalue weighted by Gasteiger charge is 2.20. The van der Waals surface area contributed by atoms with E-state index in [9.17, 15) is 8.78 Å². The zero-order valence-corrected chi connectivity index (χ0v) is 10.5. The summed E-state index contributed by atoms with van der Waals surface area (Å²) in [5.41, 5.74) is 0.449. The highest BCUT2D eigenvalue weighted by atomic mass is 79.9. The molecule has 2 atom stereocenters. The number of halogens is 3. The van der Waals surface area contributed by atoms with Crippen molar-refractivity contribution in [1.29, 1.82) is 0 Å². The lowest BCUT2D eigenvalue weighted by Gasteiger charge is -2.18. The summed E-state index contributed by atoms with van der Waals surface area (Å²) in [6, 6.07) is 4.34. The van der Waals surface area contributed by atoms with Crippen LogP contribution in [0.25, 0.3) is 0 Å². The summed E-state index contributed by atoms with van der Waals surface area (Å²) in [6.07, 6.45) is 1.98. The van der Waals surface area contributed by atoms with Gasteiger partial charge < -0.3 is 0 Å². The van der Waals surface area contributed by atoms with Crippen molar-refractivity contribution in [3.63, 3.8) is 0 Å². The van der Waals surface area contributed by atoms with Gasteiger partial charge in [-0.15, -0.1) is 0 Å². The molecule has 0 aliphatic carbocycles. The molecule has 0 fully saturated rings. The average molecular weight is 277 g/mol. The Bertz CT molecular complexity index is 325. The van der Waals surface area contributed by atoms with Crippen LogP contribution in [-0.4, -0.2) is 4.83 Å². The van der Waals surface area contributed by atoms with Crippen molar-refractivity contribution in [2.45, 2.75) is 37.4 Å². The third kappa shape index (κ3) is 3.00. The van der Waals surface area contributed by atoms with Crippen molar-refractivity contribution >= 4 is 15.9 Å². The summed E-state index contributed by atoms with van der Waals surface area (Å²) in [4.78, 5) is 0.193. The van der Waals surface area contributed by atoms with Crippen LogP contribution in [0.15, 0.2) is 18.2 Å². The van der Waals surface area contributed by atoms with E-state index in [1.54, 1.807) is 12.1 Å². The van der Waals surface area contributed by atoms with Crippen LogP contribution < -0.4 is 0 Å². The first-order chi connectivity index (χ1) is 7.07. The molecule has 0 spiro atoms.